The number of fused-ring (bicyclic) bond motifs is 1. The largest absolute Gasteiger partial charge is 0.598 e. The van der Waals surface area contributed by atoms with E-state index in [2.05, 4.69) is 4.72 Å². The van der Waals surface area contributed by atoms with Crippen LogP contribution in [0.15, 0.2) is 41.2 Å². The van der Waals surface area contributed by atoms with Crippen molar-refractivity contribution in [1.29, 1.82) is 0 Å². The molecule has 0 aliphatic heterocycles. The van der Waals surface area contributed by atoms with Crippen LogP contribution in [0.2, 0.25) is 5.02 Å². The molecule has 0 bridgehead atoms. The Morgan fingerprint density at radius 2 is 1.90 bits per heavy atom. The summed E-state index contributed by atoms with van der Waals surface area (Å²) < 4.78 is 16.9. The minimum Gasteiger partial charge on any atom is -0.598 e. The van der Waals surface area contributed by atoms with Crippen LogP contribution >= 0.6 is 11.6 Å². The van der Waals surface area contributed by atoms with Gasteiger partial charge in [0.25, 0.3) is 5.56 Å². The van der Waals surface area contributed by atoms with Gasteiger partial charge < -0.3 is 4.55 Å². The highest BCUT2D eigenvalue weighted by molar-refractivity contribution is 7.90. The maximum Gasteiger partial charge on any atom is 0.261 e. The van der Waals surface area contributed by atoms with Crippen molar-refractivity contribution in [2.24, 2.45) is 7.05 Å². The predicted octanol–water partition coefficient (Wildman–Crippen LogP) is 4.68. The number of nitrogens with one attached hydrogen (secondary N) is 1. The Labute approximate surface area is 179 Å². The first-order valence-corrected chi connectivity index (χ1v) is 11.0. The summed E-state index contributed by atoms with van der Waals surface area (Å²) in [6, 6.07) is 10.9. The average molecular weight is 432 g/mol. The predicted molar refractivity (Wildman–Crippen MR) is 122 cm³/mol. The third kappa shape index (κ3) is 4.36. The van der Waals surface area contributed by atoms with Crippen molar-refractivity contribution in [2.45, 2.75) is 45.4 Å². The van der Waals surface area contributed by atoms with Crippen LogP contribution in [0.3, 0.4) is 0 Å². The molecular weight excluding hydrogens is 406 g/mol. The summed E-state index contributed by atoms with van der Waals surface area (Å²) >= 11 is 5.12. The van der Waals surface area contributed by atoms with Crippen LogP contribution in [0, 0.1) is 6.92 Å². The van der Waals surface area contributed by atoms with Crippen molar-refractivity contribution in [3.05, 3.63) is 62.9 Å². The quantitative estimate of drug-likeness (QED) is 0.609. The molecule has 3 aromatic rings. The van der Waals surface area contributed by atoms with Crippen LogP contribution < -0.4 is 10.3 Å². The Morgan fingerprint density at radius 3 is 2.52 bits per heavy atom. The molecule has 0 saturated heterocycles. The number of aryl methyl sites for hydroxylation is 1. The van der Waals surface area contributed by atoms with E-state index < -0.39 is 16.1 Å². The zero-order valence-electron chi connectivity index (χ0n) is 17.5. The van der Waals surface area contributed by atoms with E-state index in [1.807, 2.05) is 65.0 Å². The number of hydrogen-bond donors (Lipinski definition) is 1. The van der Waals surface area contributed by atoms with Gasteiger partial charge in [0.15, 0.2) is 0 Å². The fourth-order valence-electron chi connectivity index (χ4n) is 3.17. The summed E-state index contributed by atoms with van der Waals surface area (Å²) in [5, 5.41) is 1.07. The molecule has 5 nitrogen and oxygen atoms in total. The summed E-state index contributed by atoms with van der Waals surface area (Å²) in [6.07, 6.45) is 0. The minimum atomic E-state index is -1.25. The van der Waals surface area contributed by atoms with E-state index in [9.17, 15) is 9.35 Å². The Morgan fingerprint density at radius 1 is 1.24 bits per heavy atom. The van der Waals surface area contributed by atoms with E-state index in [1.54, 1.807) is 13.1 Å². The van der Waals surface area contributed by atoms with E-state index in [-0.39, 0.29) is 11.6 Å². The van der Waals surface area contributed by atoms with Gasteiger partial charge in [0, 0.05) is 29.5 Å². The molecule has 3 rings (SSSR count). The van der Waals surface area contributed by atoms with Crippen LogP contribution in [-0.4, -0.2) is 18.9 Å². The van der Waals surface area contributed by atoms with Crippen LogP contribution in [0.1, 0.15) is 44.9 Å². The molecule has 0 spiro atoms. The van der Waals surface area contributed by atoms with Crippen LogP contribution in [0.25, 0.3) is 22.3 Å². The zero-order chi connectivity index (χ0) is 21.5. The second-order valence-electron chi connectivity index (χ2n) is 8.25. The van der Waals surface area contributed by atoms with Crippen molar-refractivity contribution < 1.29 is 4.55 Å². The third-order valence-electron chi connectivity index (χ3n) is 4.78. The molecule has 0 radical (unpaired) electrons. The second kappa shape index (κ2) is 8.11. The highest BCUT2D eigenvalue weighted by Crippen LogP contribution is 2.30. The molecule has 7 heteroatoms. The van der Waals surface area contributed by atoms with Crippen LogP contribution in [0.5, 0.6) is 0 Å². The first-order chi connectivity index (χ1) is 13.5. The van der Waals surface area contributed by atoms with Crippen LogP contribution in [0.4, 0.5) is 0 Å². The first kappa shape index (κ1) is 21.8. The molecule has 1 aromatic heterocycles. The smallest absolute Gasteiger partial charge is 0.261 e. The van der Waals surface area contributed by atoms with Crippen molar-refractivity contribution in [3.63, 3.8) is 0 Å². The van der Waals surface area contributed by atoms with E-state index in [1.165, 1.54) is 4.57 Å². The second-order valence-corrected chi connectivity index (χ2v) is 10.7. The lowest BCUT2D eigenvalue weighted by atomic mass is 10.0. The molecule has 0 aliphatic rings. The van der Waals surface area contributed by atoms with Gasteiger partial charge in [-0.2, -0.15) is 0 Å². The number of rotatable bonds is 4. The van der Waals surface area contributed by atoms with Gasteiger partial charge in [0.05, 0.1) is 22.0 Å². The highest BCUT2D eigenvalue weighted by Gasteiger charge is 2.29. The van der Waals surface area contributed by atoms with Gasteiger partial charge in [-0.3, -0.25) is 9.36 Å². The molecule has 0 saturated carbocycles. The summed E-state index contributed by atoms with van der Waals surface area (Å²) in [5.41, 5.74) is 2.94. The Bertz CT molecular complexity index is 1120. The molecule has 0 aliphatic carbocycles. The maximum atomic E-state index is 13.1. The molecule has 1 N–H and O–H groups in total. The molecule has 29 heavy (non-hydrogen) atoms. The summed E-state index contributed by atoms with van der Waals surface area (Å²) in [5.74, 6) is 0.502. The van der Waals surface area contributed by atoms with Crippen molar-refractivity contribution in [2.75, 3.05) is 0 Å². The summed E-state index contributed by atoms with van der Waals surface area (Å²) in [7, 11) is 1.70. The van der Waals surface area contributed by atoms with Crippen LogP contribution in [-0.2, 0) is 18.4 Å². The standard InChI is InChI=1S/C22H26ClN3O2S/c1-13-11-16(14(2)25-29(28)22(3,4)5)19-17(12-13)21(27)26(6)20(24-19)15-9-7-8-10-18(15)23/h7-12,14,25H,1-6H3. The van der Waals surface area contributed by atoms with Gasteiger partial charge in [0.2, 0.25) is 0 Å². The lowest BCUT2D eigenvalue weighted by Gasteiger charge is -2.27. The zero-order valence-corrected chi connectivity index (χ0v) is 19.1. The number of nitrogens with zero attached hydrogens (tertiary/aromatic N) is 2. The van der Waals surface area contributed by atoms with Gasteiger partial charge in [-0.15, -0.1) is 4.72 Å². The average Bonchev–Trinajstić information content (AvgIpc) is 2.64. The van der Waals surface area contributed by atoms with Gasteiger partial charge >= 0.3 is 0 Å². The Kier molecular flexibility index (Phi) is 6.11. The highest BCUT2D eigenvalue weighted by atomic mass is 35.5. The topological polar surface area (TPSA) is 70.0 Å². The van der Waals surface area contributed by atoms with Gasteiger partial charge in [-0.05, 0) is 58.4 Å². The third-order valence-corrected chi connectivity index (χ3v) is 6.79. The Balaban J connectivity index is 2.24. The van der Waals surface area contributed by atoms with E-state index in [0.29, 0.717) is 27.3 Å². The summed E-state index contributed by atoms with van der Waals surface area (Å²) in [4.78, 5) is 18.0. The van der Waals surface area contributed by atoms with Gasteiger partial charge in [-0.25, -0.2) is 4.98 Å². The fraction of sp³-hybridized carbons (Fsp3) is 0.364. The lowest BCUT2D eigenvalue weighted by molar-refractivity contribution is 0.531. The number of halogens is 1. The SMILES string of the molecule is Cc1cc(C(C)N[S+]([O-])C(C)(C)C)c2nc(-c3ccccc3Cl)n(C)c(=O)c2c1. The minimum absolute atomic E-state index is 0.140. The molecule has 0 amide bonds. The Hall–Kier alpha value is -1.86. The van der Waals surface area contributed by atoms with E-state index in [4.69, 9.17) is 16.6 Å². The van der Waals surface area contributed by atoms with Crippen molar-refractivity contribution >= 4 is 33.9 Å². The van der Waals surface area contributed by atoms with Crippen molar-refractivity contribution in [3.8, 4) is 11.4 Å². The first-order valence-electron chi connectivity index (χ1n) is 9.45. The van der Waals surface area contributed by atoms with Crippen molar-refractivity contribution in [1.82, 2.24) is 14.3 Å². The number of hydrogen-bond acceptors (Lipinski definition) is 4. The summed E-state index contributed by atoms with van der Waals surface area (Å²) in [6.45, 7) is 9.63. The van der Waals surface area contributed by atoms with E-state index >= 15 is 0 Å². The number of aromatic nitrogens is 2. The monoisotopic (exact) mass is 431 g/mol. The molecular formula is C22H26ClN3O2S. The number of benzene rings is 2. The normalized spacial score (nSPS) is 14.2. The molecule has 154 valence electrons. The molecule has 2 atom stereocenters. The maximum absolute atomic E-state index is 13.1. The van der Waals surface area contributed by atoms with E-state index in [0.717, 1.165) is 11.1 Å². The fourth-order valence-corrected chi connectivity index (χ4v) is 4.19. The lowest BCUT2D eigenvalue weighted by Crippen LogP contribution is -2.40. The molecule has 1 heterocycles. The molecule has 0 fully saturated rings. The van der Waals surface area contributed by atoms with Gasteiger partial charge in [-0.1, -0.05) is 29.8 Å². The van der Waals surface area contributed by atoms with Gasteiger partial charge in [0.1, 0.15) is 10.6 Å². The molecule has 2 aromatic carbocycles. The molecule has 2 unspecified atom stereocenters.